The number of benzene rings is 2. The number of nitrogens with one attached hydrogen (secondary N) is 2. The lowest BCUT2D eigenvalue weighted by Gasteiger charge is -2.20. The summed E-state index contributed by atoms with van der Waals surface area (Å²) in [6.07, 6.45) is 2.36. The lowest BCUT2D eigenvalue weighted by Crippen LogP contribution is -2.34. The zero-order chi connectivity index (χ0) is 18.9. The Morgan fingerprint density at radius 3 is 2.56 bits per heavy atom. The first-order valence-corrected chi connectivity index (χ1v) is 9.11. The first-order chi connectivity index (χ1) is 13.3. The van der Waals surface area contributed by atoms with Gasteiger partial charge in [0.15, 0.2) is 0 Å². The van der Waals surface area contributed by atoms with Crippen molar-refractivity contribution < 1.29 is 13.9 Å². The number of amides is 1. The van der Waals surface area contributed by atoms with Crippen molar-refractivity contribution in [1.82, 2.24) is 5.32 Å². The van der Waals surface area contributed by atoms with E-state index in [1.54, 1.807) is 6.26 Å². The van der Waals surface area contributed by atoms with Gasteiger partial charge in [0.25, 0.3) is 0 Å². The zero-order valence-electron chi connectivity index (χ0n) is 15.4. The van der Waals surface area contributed by atoms with E-state index in [1.165, 1.54) is 0 Å². The summed E-state index contributed by atoms with van der Waals surface area (Å²) in [7, 11) is 0. The summed E-state index contributed by atoms with van der Waals surface area (Å²) in [6, 6.07) is 20.4. The number of hydrogen-bond acceptors (Lipinski definition) is 4. The largest absolute Gasteiger partial charge is 0.492 e. The van der Waals surface area contributed by atoms with Gasteiger partial charge in [-0.25, -0.2) is 0 Å². The monoisotopic (exact) mass is 364 g/mol. The maximum absolute atomic E-state index is 13.0. The molecule has 3 aromatic rings. The molecule has 2 N–H and O–H groups in total. The van der Waals surface area contributed by atoms with Crippen LogP contribution in [0.3, 0.4) is 0 Å². The average molecular weight is 364 g/mol. The number of ether oxygens (including phenoxy) is 1. The van der Waals surface area contributed by atoms with Gasteiger partial charge in [-0.1, -0.05) is 42.5 Å². The van der Waals surface area contributed by atoms with Crippen LogP contribution in [0, 0.1) is 0 Å². The van der Waals surface area contributed by atoms with E-state index in [-0.39, 0.29) is 5.91 Å². The maximum Gasteiger partial charge on any atom is 0.246 e. The van der Waals surface area contributed by atoms with E-state index in [9.17, 15) is 4.79 Å². The molecule has 0 aliphatic carbocycles. The van der Waals surface area contributed by atoms with Crippen molar-refractivity contribution in [1.29, 1.82) is 0 Å². The molecule has 0 aliphatic rings. The van der Waals surface area contributed by atoms with Crippen molar-refractivity contribution in [2.75, 3.05) is 18.5 Å². The van der Waals surface area contributed by atoms with Crippen molar-refractivity contribution in [3.8, 4) is 5.75 Å². The molecule has 0 saturated heterocycles. The first kappa shape index (κ1) is 18.7. The van der Waals surface area contributed by atoms with Gasteiger partial charge in [0, 0.05) is 13.0 Å². The fraction of sp³-hybridized carbons (Fsp3) is 0.227. The Balaban J connectivity index is 1.72. The van der Waals surface area contributed by atoms with Crippen LogP contribution in [0.4, 0.5) is 5.69 Å². The van der Waals surface area contributed by atoms with Crippen LogP contribution in [-0.4, -0.2) is 19.1 Å². The van der Waals surface area contributed by atoms with E-state index in [0.29, 0.717) is 31.0 Å². The summed E-state index contributed by atoms with van der Waals surface area (Å²) < 4.78 is 11.0. The summed E-state index contributed by atoms with van der Waals surface area (Å²) in [6.45, 7) is 3.07. The summed E-state index contributed by atoms with van der Waals surface area (Å²) in [4.78, 5) is 13.0. The molecular formula is C22H24N2O3. The summed E-state index contributed by atoms with van der Waals surface area (Å²) in [5.41, 5.74) is 1.57. The highest BCUT2D eigenvalue weighted by Gasteiger charge is 2.21. The molecule has 1 amide bonds. The van der Waals surface area contributed by atoms with Crippen LogP contribution in [0.2, 0.25) is 0 Å². The standard InChI is InChI=1S/C22H24N2O3/c1-2-26-20-13-7-6-12-19(20)24-22(25)21(17-9-4-3-5-10-17)23-15-14-18-11-8-16-27-18/h3-13,16,21,23H,2,14-15H2,1H3,(H,24,25)/t21-/m1/s1. The second-order valence-electron chi connectivity index (χ2n) is 6.05. The van der Waals surface area contributed by atoms with Gasteiger partial charge in [-0.15, -0.1) is 0 Å². The molecule has 2 aromatic carbocycles. The number of rotatable bonds is 9. The van der Waals surface area contributed by atoms with Crippen molar-refractivity contribution in [2.24, 2.45) is 0 Å². The highest BCUT2D eigenvalue weighted by atomic mass is 16.5. The molecule has 0 radical (unpaired) electrons. The summed E-state index contributed by atoms with van der Waals surface area (Å²) in [5.74, 6) is 1.42. The Kier molecular flexibility index (Phi) is 6.66. The Hall–Kier alpha value is -3.05. The number of hydrogen-bond donors (Lipinski definition) is 2. The van der Waals surface area contributed by atoms with E-state index in [0.717, 1.165) is 11.3 Å². The van der Waals surface area contributed by atoms with Crippen LogP contribution in [0.15, 0.2) is 77.4 Å². The molecule has 3 rings (SSSR count). The van der Waals surface area contributed by atoms with Crippen LogP contribution >= 0.6 is 0 Å². The molecule has 5 heteroatoms. The topological polar surface area (TPSA) is 63.5 Å². The molecule has 1 aromatic heterocycles. The van der Waals surface area contributed by atoms with Gasteiger partial charge in [0.1, 0.15) is 17.6 Å². The van der Waals surface area contributed by atoms with Gasteiger partial charge in [0.2, 0.25) is 5.91 Å². The fourth-order valence-corrected chi connectivity index (χ4v) is 2.86. The Bertz CT molecular complexity index is 832. The second-order valence-corrected chi connectivity index (χ2v) is 6.05. The number of carbonyl (C=O) groups excluding carboxylic acids is 1. The third kappa shape index (κ3) is 5.21. The minimum atomic E-state index is -0.476. The Labute approximate surface area is 159 Å². The zero-order valence-corrected chi connectivity index (χ0v) is 15.4. The molecule has 0 saturated carbocycles. The van der Waals surface area contributed by atoms with Crippen molar-refractivity contribution in [2.45, 2.75) is 19.4 Å². The molecule has 0 fully saturated rings. The van der Waals surface area contributed by atoms with Gasteiger partial charge in [-0.3, -0.25) is 4.79 Å². The van der Waals surface area contributed by atoms with E-state index in [1.807, 2.05) is 73.7 Å². The maximum atomic E-state index is 13.0. The van der Waals surface area contributed by atoms with Crippen LogP contribution in [0.25, 0.3) is 0 Å². The molecule has 5 nitrogen and oxygen atoms in total. The van der Waals surface area contributed by atoms with Gasteiger partial charge in [-0.2, -0.15) is 0 Å². The van der Waals surface area contributed by atoms with Crippen LogP contribution in [-0.2, 0) is 11.2 Å². The SMILES string of the molecule is CCOc1ccccc1NC(=O)[C@H](NCCc1ccco1)c1ccccc1. The molecule has 27 heavy (non-hydrogen) atoms. The van der Waals surface area contributed by atoms with E-state index in [4.69, 9.17) is 9.15 Å². The summed E-state index contributed by atoms with van der Waals surface area (Å²) in [5, 5.41) is 6.32. The van der Waals surface area contributed by atoms with Crippen molar-refractivity contribution in [3.05, 3.63) is 84.3 Å². The van der Waals surface area contributed by atoms with Crippen LogP contribution < -0.4 is 15.4 Å². The van der Waals surface area contributed by atoms with Crippen LogP contribution in [0.5, 0.6) is 5.75 Å². The van der Waals surface area contributed by atoms with Gasteiger partial charge in [-0.05, 0) is 36.8 Å². The molecule has 0 unspecified atom stereocenters. The number of para-hydroxylation sites is 2. The van der Waals surface area contributed by atoms with Crippen molar-refractivity contribution >= 4 is 11.6 Å². The lowest BCUT2D eigenvalue weighted by molar-refractivity contribution is -0.118. The highest BCUT2D eigenvalue weighted by molar-refractivity contribution is 5.96. The summed E-state index contributed by atoms with van der Waals surface area (Å²) >= 11 is 0. The molecule has 140 valence electrons. The smallest absolute Gasteiger partial charge is 0.246 e. The number of furan rings is 1. The molecular weight excluding hydrogens is 340 g/mol. The fourth-order valence-electron chi connectivity index (χ4n) is 2.86. The molecule has 1 heterocycles. The molecule has 0 bridgehead atoms. The normalized spacial score (nSPS) is 11.7. The molecule has 0 spiro atoms. The van der Waals surface area contributed by atoms with Gasteiger partial charge >= 0.3 is 0 Å². The quantitative estimate of drug-likeness (QED) is 0.598. The lowest BCUT2D eigenvalue weighted by atomic mass is 10.1. The van der Waals surface area contributed by atoms with E-state index >= 15 is 0 Å². The Morgan fingerprint density at radius 1 is 1.04 bits per heavy atom. The van der Waals surface area contributed by atoms with Crippen LogP contribution in [0.1, 0.15) is 24.3 Å². The minimum Gasteiger partial charge on any atom is -0.492 e. The van der Waals surface area contributed by atoms with E-state index < -0.39 is 6.04 Å². The Morgan fingerprint density at radius 2 is 1.81 bits per heavy atom. The predicted molar refractivity (Wildman–Crippen MR) is 106 cm³/mol. The van der Waals surface area contributed by atoms with Crippen molar-refractivity contribution in [3.63, 3.8) is 0 Å². The van der Waals surface area contributed by atoms with Gasteiger partial charge < -0.3 is 19.8 Å². The minimum absolute atomic E-state index is 0.132. The van der Waals surface area contributed by atoms with Gasteiger partial charge in [0.05, 0.1) is 18.6 Å². The first-order valence-electron chi connectivity index (χ1n) is 9.11. The number of anilines is 1. The van der Waals surface area contributed by atoms with E-state index in [2.05, 4.69) is 10.6 Å². The highest BCUT2D eigenvalue weighted by Crippen LogP contribution is 2.25. The number of carbonyl (C=O) groups is 1. The molecule has 1 atom stereocenters. The third-order valence-corrected chi connectivity index (χ3v) is 4.14. The second kappa shape index (κ2) is 9.59. The third-order valence-electron chi connectivity index (χ3n) is 4.14. The average Bonchev–Trinajstić information content (AvgIpc) is 3.21. The predicted octanol–water partition coefficient (Wildman–Crippen LogP) is 4.19. The molecule has 0 aliphatic heterocycles.